The number of hydrogen-bond acceptors (Lipinski definition) is 13. The van der Waals surface area contributed by atoms with Crippen LogP contribution in [0.25, 0.3) is 11.0 Å². The van der Waals surface area contributed by atoms with Crippen LogP contribution in [0.5, 0.6) is 23.1 Å². The van der Waals surface area contributed by atoms with E-state index >= 15 is 0 Å². The van der Waals surface area contributed by atoms with Crippen LogP contribution >= 0.6 is 0 Å². The molecule has 3 aliphatic heterocycles. The number of nitro groups is 1. The third-order valence-electron chi connectivity index (χ3n) is 17.2. The highest BCUT2D eigenvalue weighted by molar-refractivity contribution is 7.90. The molecule has 17 heteroatoms. The van der Waals surface area contributed by atoms with E-state index in [0.717, 1.165) is 81.7 Å². The van der Waals surface area contributed by atoms with Gasteiger partial charge in [0.1, 0.15) is 24.1 Å². The molecule has 5 fully saturated rings. The Kier molecular flexibility index (Phi) is 13.3. The molecule has 4 N–H and O–H groups in total. The Hall–Kier alpha value is -5.91. The Balaban J connectivity index is 0.845. The summed E-state index contributed by atoms with van der Waals surface area (Å²) < 4.78 is 49.9. The average Bonchev–Trinajstić information content (AvgIpc) is 4.05. The van der Waals surface area contributed by atoms with Gasteiger partial charge in [-0.2, -0.15) is 4.98 Å². The van der Waals surface area contributed by atoms with Crippen LogP contribution in [0.15, 0.2) is 77.8 Å². The van der Waals surface area contributed by atoms with E-state index in [4.69, 9.17) is 19.2 Å². The van der Waals surface area contributed by atoms with Crippen LogP contribution in [0.2, 0.25) is 0 Å². The van der Waals surface area contributed by atoms with Gasteiger partial charge >= 0.3 is 0 Å². The first-order chi connectivity index (χ1) is 35.1. The number of aliphatic hydroxyl groups is 1. The van der Waals surface area contributed by atoms with Crippen molar-refractivity contribution in [3.05, 3.63) is 99.7 Å². The number of aromatic amines is 1. The molecule has 0 bridgehead atoms. The van der Waals surface area contributed by atoms with Crippen molar-refractivity contribution in [1.82, 2.24) is 19.6 Å². The molecule has 73 heavy (non-hydrogen) atoms. The molecule has 5 heterocycles. The maximum absolute atomic E-state index is 14.5. The molecule has 1 spiro atoms. The minimum Gasteiger partial charge on any atom is -0.489 e. The highest BCUT2D eigenvalue weighted by Gasteiger charge is 2.50. The Morgan fingerprint density at radius 1 is 0.932 bits per heavy atom. The summed E-state index contributed by atoms with van der Waals surface area (Å²) in [6.07, 6.45) is 16.2. The molecule has 2 saturated heterocycles. The summed E-state index contributed by atoms with van der Waals surface area (Å²) in [5.74, 6) is 0.272. The van der Waals surface area contributed by atoms with E-state index in [1.807, 2.05) is 25.1 Å². The van der Waals surface area contributed by atoms with E-state index < -0.39 is 37.0 Å². The highest BCUT2D eigenvalue weighted by Crippen LogP contribution is 2.55. The van der Waals surface area contributed by atoms with Crippen molar-refractivity contribution in [3.8, 4) is 23.1 Å². The standard InChI is InChI=1S/C56H69N7O9S/c1-35(2)42-12-7-8-13-43(42)46-14-9-25-62(46)39-32-56(33-39)22-26-61(27-23-56)38-15-16-44(48(29-38)72-50-28-37-19-24-57-52(37)59-54(50)71-40-10-5-4-6-11-40)53(64)60-73(68,69)41-30-47(63(66)67)51-49(31-41)70-34-45(58-51)36-17-20-55(3,65)21-18-36/h7-8,12-13,15-16,19,24,28-31,35-36,39-40,45-46,58,65H,4-6,9-11,14,17-18,20-23,25-27,32-34H2,1-3H3,(H,57,59)(H,60,64)/t36?,45-,46-,55?/m1/s1. The van der Waals surface area contributed by atoms with Gasteiger partial charge in [0, 0.05) is 60.6 Å². The van der Waals surface area contributed by atoms with Gasteiger partial charge in [-0.3, -0.25) is 19.8 Å². The zero-order valence-electron chi connectivity index (χ0n) is 42.2. The van der Waals surface area contributed by atoms with E-state index in [0.29, 0.717) is 49.3 Å². The van der Waals surface area contributed by atoms with Gasteiger partial charge in [0.15, 0.2) is 17.2 Å². The summed E-state index contributed by atoms with van der Waals surface area (Å²) in [5, 5.41) is 27.1. The molecule has 1 amide bonds. The third kappa shape index (κ3) is 10.1. The van der Waals surface area contributed by atoms with Crippen molar-refractivity contribution in [2.24, 2.45) is 11.3 Å². The number of piperidine rings is 1. The normalized spacial score (nSPS) is 24.7. The molecule has 3 aromatic carbocycles. The largest absolute Gasteiger partial charge is 0.489 e. The summed E-state index contributed by atoms with van der Waals surface area (Å²) in [6, 6.07) is 20.8. The minimum atomic E-state index is -4.71. The minimum absolute atomic E-state index is 0.000912. The van der Waals surface area contributed by atoms with Crippen molar-refractivity contribution >= 4 is 44.0 Å². The van der Waals surface area contributed by atoms with E-state index in [1.165, 1.54) is 42.9 Å². The second-order valence-corrected chi connectivity index (χ2v) is 24.2. The number of fused-ring (bicyclic) bond motifs is 2. The van der Waals surface area contributed by atoms with Crippen LogP contribution in [-0.4, -0.2) is 89.3 Å². The van der Waals surface area contributed by atoms with Gasteiger partial charge in [0.05, 0.1) is 27.0 Å². The maximum Gasteiger partial charge on any atom is 0.297 e. The van der Waals surface area contributed by atoms with E-state index in [-0.39, 0.29) is 64.5 Å². The summed E-state index contributed by atoms with van der Waals surface area (Å²) in [4.78, 5) is 38.9. The molecular weight excluding hydrogens is 947 g/mol. The zero-order chi connectivity index (χ0) is 50.6. The number of likely N-dealkylation sites (tertiary alicyclic amines) is 1. The molecule has 5 aromatic rings. The number of aromatic nitrogens is 2. The van der Waals surface area contributed by atoms with Crippen molar-refractivity contribution < 1.29 is 37.5 Å². The lowest BCUT2D eigenvalue weighted by molar-refractivity contribution is -0.384. The molecule has 11 rings (SSSR count). The van der Waals surface area contributed by atoms with Gasteiger partial charge in [0.2, 0.25) is 0 Å². The number of sulfonamides is 1. The number of hydrogen-bond donors (Lipinski definition) is 4. The fraction of sp³-hybridized carbons (Fsp3) is 0.536. The number of carbonyl (C=O) groups excluding carboxylic acids is 1. The van der Waals surface area contributed by atoms with Crippen LogP contribution in [0, 0.1) is 21.4 Å². The van der Waals surface area contributed by atoms with Crippen LogP contribution in [-0.2, 0) is 10.0 Å². The molecule has 2 atom stereocenters. The number of H-pyrrole nitrogens is 1. The van der Waals surface area contributed by atoms with Crippen LogP contribution in [0.3, 0.4) is 0 Å². The first-order valence-electron chi connectivity index (χ1n) is 26.7. The molecule has 3 aliphatic carbocycles. The first-order valence-corrected chi connectivity index (χ1v) is 28.2. The predicted molar refractivity (Wildman–Crippen MR) is 279 cm³/mol. The van der Waals surface area contributed by atoms with E-state index in [9.17, 15) is 28.4 Å². The SMILES string of the molecule is CC(C)c1ccccc1[C@H]1CCCN1C1CC2(CCN(c3ccc(C(=O)NS(=O)(=O)c4cc5c(c([N+](=O)[O-])c4)N[C@@H](C4CCC(C)(O)CC4)CO5)c(Oc4cc5cc[nH]c5nc4OC4CCCCC4)c3)CC2)C1. The number of anilines is 2. The monoisotopic (exact) mass is 1020 g/mol. The Morgan fingerprint density at radius 3 is 2.45 bits per heavy atom. The summed E-state index contributed by atoms with van der Waals surface area (Å²) in [5.41, 5.74) is 3.46. The average molecular weight is 1020 g/mol. The van der Waals surface area contributed by atoms with Crippen LogP contribution < -0.4 is 29.1 Å². The molecule has 0 radical (unpaired) electrons. The van der Waals surface area contributed by atoms with Crippen molar-refractivity contribution in [1.29, 1.82) is 0 Å². The van der Waals surface area contributed by atoms with Gasteiger partial charge in [-0.25, -0.2) is 13.1 Å². The second kappa shape index (κ2) is 19.7. The Morgan fingerprint density at radius 2 is 1.70 bits per heavy atom. The summed E-state index contributed by atoms with van der Waals surface area (Å²) in [6.45, 7) is 9.32. The number of carbonyl (C=O) groups is 1. The first kappa shape index (κ1) is 49.3. The van der Waals surface area contributed by atoms with Gasteiger partial charge < -0.3 is 34.5 Å². The lowest BCUT2D eigenvalue weighted by atomic mass is 9.59. The van der Waals surface area contributed by atoms with Gasteiger partial charge in [-0.15, -0.1) is 0 Å². The molecule has 3 saturated carbocycles. The number of benzene rings is 3. The quantitative estimate of drug-likeness (QED) is 0.0642. The van der Waals surface area contributed by atoms with Crippen molar-refractivity contribution in [2.45, 2.75) is 158 Å². The van der Waals surface area contributed by atoms with Crippen LogP contribution in [0.1, 0.15) is 151 Å². The number of rotatable bonds is 13. The van der Waals surface area contributed by atoms with Crippen LogP contribution in [0.4, 0.5) is 17.1 Å². The lowest BCUT2D eigenvalue weighted by Gasteiger charge is -2.56. The molecule has 16 nitrogen and oxygen atoms in total. The van der Waals surface area contributed by atoms with Gasteiger partial charge in [-0.05, 0) is 156 Å². The van der Waals surface area contributed by atoms with Crippen molar-refractivity contribution in [3.63, 3.8) is 0 Å². The fourth-order valence-corrected chi connectivity index (χ4v) is 14.0. The molecule has 2 aromatic heterocycles. The fourth-order valence-electron chi connectivity index (χ4n) is 13.0. The molecule has 6 aliphatic rings. The van der Waals surface area contributed by atoms with Gasteiger partial charge in [0.25, 0.3) is 27.5 Å². The summed E-state index contributed by atoms with van der Waals surface area (Å²) >= 11 is 0. The number of pyridine rings is 1. The molecule has 388 valence electrons. The number of amides is 1. The highest BCUT2D eigenvalue weighted by atomic mass is 32.2. The number of nitrogens with zero attached hydrogens (tertiary/aromatic N) is 4. The summed E-state index contributed by atoms with van der Waals surface area (Å²) in [7, 11) is -4.71. The van der Waals surface area contributed by atoms with Gasteiger partial charge in [-0.1, -0.05) is 44.5 Å². The molecular formula is C56H69N7O9S. The number of nitro benzene ring substituents is 1. The van der Waals surface area contributed by atoms with E-state index in [1.54, 1.807) is 18.3 Å². The lowest BCUT2D eigenvalue weighted by Crippen LogP contribution is -2.54. The predicted octanol–water partition coefficient (Wildman–Crippen LogP) is 10.9. The smallest absolute Gasteiger partial charge is 0.297 e. The number of nitrogens with one attached hydrogen (secondary N) is 3. The van der Waals surface area contributed by atoms with Crippen molar-refractivity contribution in [2.75, 3.05) is 36.5 Å². The Labute approximate surface area is 427 Å². The maximum atomic E-state index is 14.5. The van der Waals surface area contributed by atoms with E-state index in [2.05, 4.69) is 62.9 Å². The Bertz CT molecular complexity index is 2980. The number of ether oxygens (including phenoxy) is 3. The topological polar surface area (TPSA) is 201 Å². The third-order valence-corrected chi connectivity index (χ3v) is 18.5. The zero-order valence-corrected chi connectivity index (χ0v) is 43.1. The second-order valence-electron chi connectivity index (χ2n) is 22.5. The molecule has 0 unspecified atom stereocenters.